The Morgan fingerprint density at radius 1 is 1.00 bits per heavy atom. The number of hydrogen-bond acceptors (Lipinski definition) is 7. The number of fused-ring (bicyclic) bond motifs is 1. The average molecular weight is 356 g/mol. The molecule has 0 atom stereocenters. The summed E-state index contributed by atoms with van der Waals surface area (Å²) >= 11 is 0. The maximum Gasteiger partial charge on any atom is 0.513 e. The Kier molecular flexibility index (Phi) is 4.53. The highest BCUT2D eigenvalue weighted by molar-refractivity contribution is 6.15. The fourth-order valence-corrected chi connectivity index (χ4v) is 2.69. The average Bonchev–Trinajstić information content (AvgIpc) is 2.65. The van der Waals surface area contributed by atoms with E-state index in [1.54, 1.807) is 24.3 Å². The van der Waals surface area contributed by atoms with Crippen LogP contribution in [0.15, 0.2) is 30.3 Å². The Balaban J connectivity index is 1.99. The van der Waals surface area contributed by atoms with E-state index in [2.05, 4.69) is 4.74 Å². The van der Waals surface area contributed by atoms with E-state index in [0.717, 1.165) is 0 Å². The van der Waals surface area contributed by atoms with E-state index >= 15 is 0 Å². The van der Waals surface area contributed by atoms with Gasteiger partial charge in [0.2, 0.25) is 5.78 Å². The van der Waals surface area contributed by atoms with E-state index in [-0.39, 0.29) is 22.6 Å². The van der Waals surface area contributed by atoms with Crippen molar-refractivity contribution in [3.05, 3.63) is 52.6 Å². The molecule has 26 heavy (non-hydrogen) atoms. The van der Waals surface area contributed by atoms with E-state index in [0.29, 0.717) is 22.6 Å². The molecule has 0 aliphatic heterocycles. The number of carbonyl (C=O) groups excluding carboxylic acids is 2. The maximum atomic E-state index is 13.0. The van der Waals surface area contributed by atoms with E-state index in [1.807, 2.05) is 0 Å². The molecule has 1 aliphatic carbocycles. The molecule has 0 radical (unpaired) electrons. The molecule has 134 valence electrons. The lowest BCUT2D eigenvalue weighted by atomic mass is 9.90. The van der Waals surface area contributed by atoms with Crippen molar-refractivity contribution in [2.45, 2.75) is 0 Å². The zero-order chi connectivity index (χ0) is 18.8. The molecule has 0 bridgehead atoms. The molecule has 7 heteroatoms. The summed E-state index contributed by atoms with van der Waals surface area (Å²) in [4.78, 5) is 24.2. The molecule has 1 aliphatic rings. The topological polar surface area (TPSA) is 91.3 Å². The number of methoxy groups -OCH3 is 3. The highest BCUT2D eigenvalue weighted by atomic mass is 16.7. The first-order valence-corrected chi connectivity index (χ1v) is 7.60. The van der Waals surface area contributed by atoms with E-state index in [4.69, 9.17) is 14.2 Å². The van der Waals surface area contributed by atoms with Gasteiger partial charge >= 0.3 is 6.16 Å². The number of phenols is 1. The summed E-state index contributed by atoms with van der Waals surface area (Å²) in [5, 5.41) is 10.3. The van der Waals surface area contributed by atoms with Crippen molar-refractivity contribution >= 4 is 23.8 Å². The molecule has 7 nitrogen and oxygen atoms in total. The van der Waals surface area contributed by atoms with E-state index < -0.39 is 11.9 Å². The zero-order valence-electron chi connectivity index (χ0n) is 14.4. The summed E-state index contributed by atoms with van der Waals surface area (Å²) in [5.74, 6) is 0.232. The molecule has 0 heterocycles. The quantitative estimate of drug-likeness (QED) is 0.649. The predicted octanol–water partition coefficient (Wildman–Crippen LogP) is 3.23. The van der Waals surface area contributed by atoms with E-state index in [1.165, 1.54) is 33.5 Å². The van der Waals surface area contributed by atoms with Crippen LogP contribution in [0.5, 0.6) is 17.2 Å². The normalized spacial score (nSPS) is 11.6. The third-order valence-corrected chi connectivity index (χ3v) is 3.98. The van der Waals surface area contributed by atoms with Gasteiger partial charge in [-0.25, -0.2) is 4.79 Å². The van der Waals surface area contributed by atoms with Gasteiger partial charge in [-0.05, 0) is 35.9 Å². The van der Waals surface area contributed by atoms with Crippen LogP contribution in [-0.2, 0) is 9.47 Å². The number of hydrogen-bond donors (Lipinski definition) is 1. The molecule has 1 N–H and O–H groups in total. The molecular weight excluding hydrogens is 340 g/mol. The number of ether oxygens (including phenoxy) is 4. The molecule has 0 saturated carbocycles. The van der Waals surface area contributed by atoms with Crippen molar-refractivity contribution < 1.29 is 33.6 Å². The maximum absolute atomic E-state index is 13.0. The van der Waals surface area contributed by atoms with Crippen LogP contribution in [0.4, 0.5) is 4.79 Å². The largest absolute Gasteiger partial charge is 0.513 e. The first-order valence-electron chi connectivity index (χ1n) is 7.60. The second kappa shape index (κ2) is 6.79. The summed E-state index contributed by atoms with van der Waals surface area (Å²) in [5.41, 5.74) is 1.46. The first kappa shape index (κ1) is 17.3. The molecular formula is C19H16O7. The van der Waals surface area contributed by atoms with Gasteiger partial charge in [0.25, 0.3) is 0 Å². The smallest absolute Gasteiger partial charge is 0.507 e. The van der Waals surface area contributed by atoms with Gasteiger partial charge in [-0.15, -0.1) is 0 Å². The van der Waals surface area contributed by atoms with Gasteiger partial charge in [0.15, 0.2) is 0 Å². The Labute approximate surface area is 149 Å². The summed E-state index contributed by atoms with van der Waals surface area (Å²) in [6.45, 7) is 0. The third-order valence-electron chi connectivity index (χ3n) is 3.98. The van der Waals surface area contributed by atoms with Crippen LogP contribution in [0, 0.1) is 0 Å². The minimum Gasteiger partial charge on any atom is -0.507 e. The number of rotatable bonds is 5. The first-order chi connectivity index (χ1) is 12.5. The molecule has 0 saturated heterocycles. The Morgan fingerprint density at radius 3 is 2.23 bits per heavy atom. The van der Waals surface area contributed by atoms with E-state index in [9.17, 15) is 14.7 Å². The molecule has 2 aromatic rings. The monoisotopic (exact) mass is 356 g/mol. The Bertz CT molecular complexity index is 905. The Morgan fingerprint density at radius 2 is 1.65 bits per heavy atom. The fourth-order valence-electron chi connectivity index (χ4n) is 2.69. The second-order valence-corrected chi connectivity index (χ2v) is 5.39. The van der Waals surface area contributed by atoms with Crippen LogP contribution in [0.3, 0.4) is 0 Å². The van der Waals surface area contributed by atoms with Gasteiger partial charge < -0.3 is 24.1 Å². The molecule has 2 aromatic carbocycles. The zero-order valence-corrected chi connectivity index (χ0v) is 14.4. The molecule has 0 spiro atoms. The third kappa shape index (κ3) is 2.83. The van der Waals surface area contributed by atoms with Crippen molar-refractivity contribution in [2.75, 3.05) is 21.3 Å². The van der Waals surface area contributed by atoms with Crippen LogP contribution in [0.1, 0.15) is 27.0 Å². The number of phenolic OH excluding ortho intramolecular Hbond substituents is 1. The fraction of sp³-hybridized carbons (Fsp3) is 0.158. The van der Waals surface area contributed by atoms with Gasteiger partial charge in [-0.3, -0.25) is 4.79 Å². The lowest BCUT2D eigenvalue weighted by molar-refractivity contribution is 0.102. The highest BCUT2D eigenvalue weighted by Crippen LogP contribution is 2.40. The van der Waals surface area contributed by atoms with Crippen LogP contribution in [0.2, 0.25) is 0 Å². The second-order valence-electron chi connectivity index (χ2n) is 5.39. The SMILES string of the molecule is COC(=O)OC1=Cc2cc(C(=O)c3c(OC)cccc3OC)c(O)cc21. The predicted molar refractivity (Wildman–Crippen MR) is 92.4 cm³/mol. The summed E-state index contributed by atoms with van der Waals surface area (Å²) in [6, 6.07) is 7.85. The highest BCUT2D eigenvalue weighted by Gasteiger charge is 2.28. The van der Waals surface area contributed by atoms with Crippen molar-refractivity contribution in [1.29, 1.82) is 0 Å². The van der Waals surface area contributed by atoms with Crippen molar-refractivity contribution in [3.63, 3.8) is 0 Å². The number of benzene rings is 2. The number of carbonyl (C=O) groups is 2. The number of aromatic hydroxyl groups is 1. The standard InChI is InChI=1S/C19H16O7/c1-23-14-5-4-6-15(24-2)17(14)18(21)12-7-10-8-16(26-19(22)25-3)11(10)9-13(12)20/h4-9,20H,1-3H3. The lowest BCUT2D eigenvalue weighted by Crippen LogP contribution is -2.12. The summed E-state index contributed by atoms with van der Waals surface area (Å²) < 4.78 is 19.9. The van der Waals surface area contributed by atoms with Crippen LogP contribution >= 0.6 is 0 Å². The molecule has 0 fully saturated rings. The molecule has 0 unspecified atom stereocenters. The van der Waals surface area contributed by atoms with Crippen LogP contribution in [-0.4, -0.2) is 38.4 Å². The Hall–Kier alpha value is -3.48. The summed E-state index contributed by atoms with van der Waals surface area (Å²) in [7, 11) is 4.09. The van der Waals surface area contributed by atoms with Gasteiger partial charge in [0.05, 0.1) is 26.9 Å². The number of ketones is 1. The van der Waals surface area contributed by atoms with Crippen molar-refractivity contribution in [3.8, 4) is 17.2 Å². The van der Waals surface area contributed by atoms with Gasteiger partial charge in [0.1, 0.15) is 28.6 Å². The van der Waals surface area contributed by atoms with Gasteiger partial charge in [-0.2, -0.15) is 0 Å². The van der Waals surface area contributed by atoms with Crippen LogP contribution < -0.4 is 9.47 Å². The molecule has 0 amide bonds. The minimum absolute atomic E-state index is 0.0833. The van der Waals surface area contributed by atoms with Gasteiger partial charge in [0, 0.05) is 5.56 Å². The van der Waals surface area contributed by atoms with Crippen molar-refractivity contribution in [2.24, 2.45) is 0 Å². The lowest BCUT2D eigenvalue weighted by Gasteiger charge is -2.20. The molecule has 0 aromatic heterocycles. The van der Waals surface area contributed by atoms with Gasteiger partial charge in [-0.1, -0.05) is 6.07 Å². The minimum atomic E-state index is -0.861. The summed E-state index contributed by atoms with van der Waals surface area (Å²) in [6.07, 6.45) is 0.711. The van der Waals surface area contributed by atoms with Crippen molar-refractivity contribution in [1.82, 2.24) is 0 Å². The molecule has 3 rings (SSSR count). The van der Waals surface area contributed by atoms with Crippen LogP contribution in [0.25, 0.3) is 11.8 Å².